The Morgan fingerprint density at radius 3 is 1.91 bits per heavy atom. The van der Waals surface area contributed by atoms with E-state index in [4.69, 9.17) is 0 Å². The number of rotatable bonds is 0. The fraction of sp³-hybridized carbons (Fsp3) is 0.250. The monoisotopic (exact) mass is 331 g/mol. The van der Waals surface area contributed by atoms with Crippen molar-refractivity contribution in [3.05, 3.63) is 46.5 Å². The minimum absolute atomic E-state index is 0.140. The van der Waals surface area contributed by atoms with Gasteiger partial charge in [-0.15, -0.1) is 0 Å². The van der Waals surface area contributed by atoms with Crippen molar-refractivity contribution in [3.63, 3.8) is 0 Å². The lowest BCUT2D eigenvalue weighted by Gasteiger charge is -2.09. The summed E-state index contributed by atoms with van der Waals surface area (Å²) in [5, 5.41) is 0.281. The van der Waals surface area contributed by atoms with Gasteiger partial charge in [0, 0.05) is 16.3 Å². The summed E-state index contributed by atoms with van der Waals surface area (Å²) < 4.78 is 78.5. The molecule has 122 valence electrons. The number of aromatic amines is 1. The van der Waals surface area contributed by atoms with Crippen molar-refractivity contribution >= 4 is 21.8 Å². The van der Waals surface area contributed by atoms with Gasteiger partial charge in [0.15, 0.2) is 0 Å². The van der Waals surface area contributed by atoms with Gasteiger partial charge in [-0.05, 0) is 49.2 Å². The van der Waals surface area contributed by atoms with Gasteiger partial charge in [-0.25, -0.2) is 0 Å². The molecule has 1 nitrogen and oxygen atoms in total. The highest BCUT2D eigenvalue weighted by atomic mass is 19.4. The minimum atomic E-state index is -4.59. The summed E-state index contributed by atoms with van der Waals surface area (Å²) in [7, 11) is 0. The number of benzene rings is 2. The van der Waals surface area contributed by atoms with Crippen molar-refractivity contribution in [2.45, 2.75) is 26.2 Å². The standard InChI is InChI=1S/C16H11F6N/c1-7-3-10-11-6-9(15(17,18)19)5-8(2)13(11)23-14(10)12(4-7)16(20,21)22/h3-6,23H,1-2H3. The van der Waals surface area contributed by atoms with E-state index in [1.165, 1.54) is 19.9 Å². The van der Waals surface area contributed by atoms with Gasteiger partial charge >= 0.3 is 12.4 Å². The molecule has 2 aromatic carbocycles. The highest BCUT2D eigenvalue weighted by molar-refractivity contribution is 6.09. The van der Waals surface area contributed by atoms with Crippen LogP contribution in [-0.4, -0.2) is 4.98 Å². The van der Waals surface area contributed by atoms with E-state index in [0.717, 1.165) is 18.2 Å². The number of hydrogen-bond acceptors (Lipinski definition) is 0. The molecule has 23 heavy (non-hydrogen) atoms. The summed E-state index contributed by atoms with van der Waals surface area (Å²) in [6.45, 7) is 2.92. The average Bonchev–Trinajstić information content (AvgIpc) is 2.75. The van der Waals surface area contributed by atoms with Crippen molar-refractivity contribution in [1.82, 2.24) is 4.98 Å². The van der Waals surface area contributed by atoms with E-state index in [1.807, 2.05) is 0 Å². The molecule has 0 bridgehead atoms. The molecule has 3 aromatic rings. The molecule has 0 unspecified atom stereocenters. The second-order valence-electron chi connectivity index (χ2n) is 5.57. The fourth-order valence-electron chi connectivity index (χ4n) is 2.81. The van der Waals surface area contributed by atoms with Gasteiger partial charge in [-0.1, -0.05) is 0 Å². The normalized spacial score (nSPS) is 13.2. The molecular weight excluding hydrogens is 320 g/mol. The molecule has 0 aliphatic carbocycles. The number of H-pyrrole nitrogens is 1. The van der Waals surface area contributed by atoms with Crippen LogP contribution >= 0.6 is 0 Å². The Morgan fingerprint density at radius 2 is 1.35 bits per heavy atom. The molecule has 0 amide bonds. The zero-order valence-electron chi connectivity index (χ0n) is 12.1. The molecule has 7 heteroatoms. The SMILES string of the molecule is Cc1cc(C(F)(F)F)c2[nH]c3c(C)cc(C(F)(F)F)cc3c2c1. The number of hydrogen-bond donors (Lipinski definition) is 1. The van der Waals surface area contributed by atoms with Gasteiger partial charge in [0.1, 0.15) is 0 Å². The molecule has 0 saturated carbocycles. The van der Waals surface area contributed by atoms with Crippen molar-refractivity contribution < 1.29 is 26.3 Å². The van der Waals surface area contributed by atoms with Crippen LogP contribution in [-0.2, 0) is 12.4 Å². The number of aromatic nitrogens is 1. The first-order valence-corrected chi connectivity index (χ1v) is 6.69. The van der Waals surface area contributed by atoms with Gasteiger partial charge in [-0.2, -0.15) is 26.3 Å². The second kappa shape index (κ2) is 4.66. The van der Waals surface area contributed by atoms with Crippen molar-refractivity contribution in [2.75, 3.05) is 0 Å². The smallest absolute Gasteiger partial charge is 0.354 e. The molecule has 1 aromatic heterocycles. The third-order valence-corrected chi connectivity index (χ3v) is 3.79. The van der Waals surface area contributed by atoms with Gasteiger partial charge < -0.3 is 4.98 Å². The molecular formula is C16H11F6N. The largest absolute Gasteiger partial charge is 0.418 e. The summed E-state index contributed by atoms with van der Waals surface area (Å²) >= 11 is 0. The summed E-state index contributed by atoms with van der Waals surface area (Å²) in [5.74, 6) is 0. The van der Waals surface area contributed by atoms with E-state index in [1.54, 1.807) is 0 Å². The Labute approximate surface area is 126 Å². The predicted molar refractivity (Wildman–Crippen MR) is 75.3 cm³/mol. The van der Waals surface area contributed by atoms with Gasteiger partial charge in [-0.3, -0.25) is 0 Å². The Balaban J connectivity index is 2.48. The molecule has 0 fully saturated rings. The second-order valence-corrected chi connectivity index (χ2v) is 5.57. The van der Waals surface area contributed by atoms with Crippen LogP contribution in [0, 0.1) is 13.8 Å². The third kappa shape index (κ3) is 2.54. The Bertz CT molecular complexity index is 914. The molecule has 0 spiro atoms. The maximum atomic E-state index is 13.2. The van der Waals surface area contributed by atoms with E-state index in [2.05, 4.69) is 4.98 Å². The highest BCUT2D eigenvalue weighted by Gasteiger charge is 2.35. The van der Waals surface area contributed by atoms with Crippen molar-refractivity contribution in [2.24, 2.45) is 0 Å². The first-order chi connectivity index (χ1) is 10.5. The molecule has 0 aliphatic rings. The molecule has 1 N–H and O–H groups in total. The quantitative estimate of drug-likeness (QED) is 0.488. The maximum Gasteiger partial charge on any atom is 0.418 e. The lowest BCUT2D eigenvalue weighted by Crippen LogP contribution is -2.06. The zero-order chi connectivity index (χ0) is 17.2. The van der Waals surface area contributed by atoms with E-state index >= 15 is 0 Å². The van der Waals surface area contributed by atoms with Gasteiger partial charge in [0.05, 0.1) is 16.6 Å². The molecule has 0 atom stereocenters. The van der Waals surface area contributed by atoms with Crippen LogP contribution in [0.4, 0.5) is 26.3 Å². The molecule has 0 aliphatic heterocycles. The number of alkyl halides is 6. The third-order valence-electron chi connectivity index (χ3n) is 3.79. The van der Waals surface area contributed by atoms with E-state index in [0.29, 0.717) is 5.56 Å². The lowest BCUT2D eigenvalue weighted by molar-refractivity contribution is -0.138. The zero-order valence-corrected chi connectivity index (χ0v) is 12.1. The maximum absolute atomic E-state index is 13.2. The molecule has 0 radical (unpaired) electrons. The summed E-state index contributed by atoms with van der Waals surface area (Å²) in [6, 6.07) is 4.26. The van der Waals surface area contributed by atoms with E-state index in [9.17, 15) is 26.3 Å². The van der Waals surface area contributed by atoms with Crippen LogP contribution in [0.5, 0.6) is 0 Å². The van der Waals surface area contributed by atoms with Crippen molar-refractivity contribution in [3.8, 4) is 0 Å². The van der Waals surface area contributed by atoms with Gasteiger partial charge in [0.2, 0.25) is 0 Å². The summed E-state index contributed by atoms with van der Waals surface area (Å²) in [4.78, 5) is 2.64. The lowest BCUT2D eigenvalue weighted by atomic mass is 10.0. The highest BCUT2D eigenvalue weighted by Crippen LogP contribution is 2.40. The van der Waals surface area contributed by atoms with E-state index < -0.39 is 23.5 Å². The number of aryl methyl sites for hydroxylation is 2. The van der Waals surface area contributed by atoms with Crippen LogP contribution in [0.2, 0.25) is 0 Å². The van der Waals surface area contributed by atoms with Crippen LogP contribution in [0.1, 0.15) is 22.3 Å². The topological polar surface area (TPSA) is 15.8 Å². The number of fused-ring (bicyclic) bond motifs is 3. The molecule has 0 saturated heterocycles. The number of nitrogens with one attached hydrogen (secondary N) is 1. The fourth-order valence-corrected chi connectivity index (χ4v) is 2.81. The molecule has 1 heterocycles. The number of halogens is 6. The first kappa shape index (κ1) is 15.7. The van der Waals surface area contributed by atoms with Crippen LogP contribution in [0.25, 0.3) is 21.8 Å². The van der Waals surface area contributed by atoms with Crippen molar-refractivity contribution in [1.29, 1.82) is 0 Å². The Morgan fingerprint density at radius 1 is 0.739 bits per heavy atom. The van der Waals surface area contributed by atoms with Crippen LogP contribution < -0.4 is 0 Å². The first-order valence-electron chi connectivity index (χ1n) is 6.69. The van der Waals surface area contributed by atoms with E-state index in [-0.39, 0.29) is 27.4 Å². The Hall–Kier alpha value is -2.18. The predicted octanol–water partition coefficient (Wildman–Crippen LogP) is 5.98. The summed E-state index contributed by atoms with van der Waals surface area (Å²) in [6.07, 6.45) is -9.15. The van der Waals surface area contributed by atoms with Crippen LogP contribution in [0.15, 0.2) is 24.3 Å². The Kier molecular flexibility index (Phi) is 3.18. The average molecular weight is 331 g/mol. The van der Waals surface area contributed by atoms with Gasteiger partial charge in [0.25, 0.3) is 0 Å². The summed E-state index contributed by atoms with van der Waals surface area (Å²) in [5.41, 5.74) is -1.09. The minimum Gasteiger partial charge on any atom is -0.354 e. The van der Waals surface area contributed by atoms with Crippen LogP contribution in [0.3, 0.4) is 0 Å². The molecule has 3 rings (SSSR count).